The maximum absolute atomic E-state index is 13.3. The smallest absolute Gasteiger partial charge is 0.270 e. The van der Waals surface area contributed by atoms with Crippen molar-refractivity contribution in [2.75, 3.05) is 32.7 Å². The maximum Gasteiger partial charge on any atom is 0.270 e. The average Bonchev–Trinajstić information content (AvgIpc) is 3.40. The largest absolute Gasteiger partial charge is 0.356 e. The molecule has 0 radical (unpaired) electrons. The van der Waals surface area contributed by atoms with Crippen LogP contribution in [0.15, 0.2) is 41.7 Å². The molecule has 4 rings (SSSR count). The fraction of sp³-hybridized carbons (Fsp3) is 0.444. The number of nitrogens with zero attached hydrogens (tertiary/aromatic N) is 3. The number of nitrogens with one attached hydrogen (secondary N) is 2. The summed E-state index contributed by atoms with van der Waals surface area (Å²) in [6.07, 6.45) is 6.76. The Morgan fingerprint density at radius 3 is 2.71 bits per heavy atom. The van der Waals surface area contributed by atoms with Crippen LogP contribution in [0.4, 0.5) is 0 Å². The normalized spacial score (nSPS) is 20.7. The van der Waals surface area contributed by atoms with Crippen molar-refractivity contribution < 1.29 is 13.2 Å². The summed E-state index contributed by atoms with van der Waals surface area (Å²) in [7, 11) is -3.73. The van der Waals surface area contributed by atoms with E-state index in [1.165, 1.54) is 16.6 Å². The lowest BCUT2D eigenvalue weighted by molar-refractivity contribution is 0.0787. The van der Waals surface area contributed by atoms with Crippen molar-refractivity contribution in [2.45, 2.75) is 23.8 Å². The number of likely N-dealkylation sites (tertiary alicyclic amines) is 1. The van der Waals surface area contributed by atoms with Crippen molar-refractivity contribution in [1.29, 1.82) is 0 Å². The third-order valence-corrected chi connectivity index (χ3v) is 7.04. The predicted octanol–water partition coefficient (Wildman–Crippen LogP) is 1.40. The number of amides is 1. The van der Waals surface area contributed by atoms with Crippen molar-refractivity contribution >= 4 is 28.3 Å². The highest BCUT2D eigenvalue weighted by molar-refractivity contribution is 7.89. The highest BCUT2D eigenvalue weighted by Crippen LogP contribution is 2.29. The molecule has 0 bridgehead atoms. The molecule has 0 aromatic carbocycles. The van der Waals surface area contributed by atoms with Crippen molar-refractivity contribution in [2.24, 2.45) is 0 Å². The molecule has 1 atom stereocenters. The Bertz CT molecular complexity index is 912. The van der Waals surface area contributed by atoms with Gasteiger partial charge < -0.3 is 15.2 Å². The van der Waals surface area contributed by atoms with Crippen molar-refractivity contribution in [1.82, 2.24) is 24.5 Å². The molecule has 8 nitrogen and oxygen atoms in total. The van der Waals surface area contributed by atoms with Gasteiger partial charge in [0.05, 0.1) is 6.04 Å². The highest BCUT2D eigenvalue weighted by atomic mass is 35.5. The number of aromatic amines is 1. The molecule has 152 valence electrons. The molecular weight excluding hydrogens is 402 g/mol. The van der Waals surface area contributed by atoms with Crippen LogP contribution in [-0.2, 0) is 10.0 Å². The van der Waals surface area contributed by atoms with Crippen LogP contribution in [-0.4, -0.2) is 66.2 Å². The van der Waals surface area contributed by atoms with Crippen LogP contribution in [0.1, 0.15) is 34.9 Å². The summed E-state index contributed by atoms with van der Waals surface area (Å²) >= 11 is 0. The molecule has 10 heteroatoms. The van der Waals surface area contributed by atoms with Gasteiger partial charge in [-0.2, -0.15) is 4.31 Å². The van der Waals surface area contributed by atoms with E-state index in [9.17, 15) is 13.2 Å². The Kier molecular flexibility index (Phi) is 6.39. The van der Waals surface area contributed by atoms with Crippen molar-refractivity contribution in [3.8, 4) is 0 Å². The minimum absolute atomic E-state index is 0. The van der Waals surface area contributed by atoms with Gasteiger partial charge >= 0.3 is 0 Å². The molecular formula is C18H24ClN5O3S. The first kappa shape index (κ1) is 20.8. The molecule has 2 aromatic heterocycles. The second kappa shape index (κ2) is 8.60. The van der Waals surface area contributed by atoms with Crippen LogP contribution in [0.2, 0.25) is 0 Å². The molecule has 28 heavy (non-hydrogen) atoms. The third kappa shape index (κ3) is 3.93. The Labute approximate surface area is 170 Å². The number of sulfonamides is 1. The van der Waals surface area contributed by atoms with Gasteiger partial charge in [-0.1, -0.05) is 6.07 Å². The first-order valence-electron chi connectivity index (χ1n) is 9.17. The van der Waals surface area contributed by atoms with E-state index in [2.05, 4.69) is 15.3 Å². The molecule has 4 heterocycles. The molecule has 1 amide bonds. The number of carbonyl (C=O) groups excluding carboxylic acids is 1. The minimum Gasteiger partial charge on any atom is -0.356 e. The van der Waals surface area contributed by atoms with Gasteiger partial charge in [0.2, 0.25) is 10.0 Å². The van der Waals surface area contributed by atoms with E-state index >= 15 is 0 Å². The summed E-state index contributed by atoms with van der Waals surface area (Å²) in [5.41, 5.74) is 1.17. The zero-order chi connectivity index (χ0) is 18.9. The van der Waals surface area contributed by atoms with Crippen LogP contribution in [0, 0.1) is 0 Å². The van der Waals surface area contributed by atoms with E-state index in [0.717, 1.165) is 31.5 Å². The number of hydrogen-bond acceptors (Lipinski definition) is 5. The molecule has 2 aliphatic rings. The van der Waals surface area contributed by atoms with Gasteiger partial charge in [-0.3, -0.25) is 9.78 Å². The zero-order valence-electron chi connectivity index (χ0n) is 15.4. The van der Waals surface area contributed by atoms with Gasteiger partial charge in [-0.15, -0.1) is 12.4 Å². The lowest BCUT2D eigenvalue weighted by Crippen LogP contribution is -2.48. The van der Waals surface area contributed by atoms with E-state index in [-0.39, 0.29) is 29.3 Å². The van der Waals surface area contributed by atoms with E-state index in [4.69, 9.17) is 0 Å². The fourth-order valence-electron chi connectivity index (χ4n) is 3.70. The van der Waals surface area contributed by atoms with Gasteiger partial charge in [-0.25, -0.2) is 8.42 Å². The molecule has 2 fully saturated rings. The van der Waals surface area contributed by atoms with Gasteiger partial charge in [0.25, 0.3) is 5.91 Å². The standard InChI is InChI=1S/C18H23N5O3S.ClH/c24-18(22-7-1-2-8-22)16-10-15(12-21-16)27(25,26)23-9-6-20-13-17(23)14-4-3-5-19-11-14;/h3-5,10-12,17,20-21H,1-2,6-9,13H2;1H. The first-order valence-corrected chi connectivity index (χ1v) is 10.6. The lowest BCUT2D eigenvalue weighted by atomic mass is 10.1. The molecule has 2 aromatic rings. The van der Waals surface area contributed by atoms with Gasteiger partial charge in [-0.05, 0) is 30.5 Å². The number of hydrogen-bond donors (Lipinski definition) is 2. The maximum atomic E-state index is 13.3. The molecule has 0 saturated carbocycles. The molecule has 2 aliphatic heterocycles. The quantitative estimate of drug-likeness (QED) is 0.771. The molecule has 2 saturated heterocycles. The lowest BCUT2D eigenvalue weighted by Gasteiger charge is -2.35. The number of piperazine rings is 1. The predicted molar refractivity (Wildman–Crippen MR) is 107 cm³/mol. The van der Waals surface area contributed by atoms with Crippen molar-refractivity contribution in [3.05, 3.63) is 48.0 Å². The second-order valence-corrected chi connectivity index (χ2v) is 8.76. The van der Waals surface area contributed by atoms with Crippen LogP contribution in [0.5, 0.6) is 0 Å². The summed E-state index contributed by atoms with van der Waals surface area (Å²) in [5, 5.41) is 3.24. The number of pyridine rings is 1. The van der Waals surface area contributed by atoms with Gasteiger partial charge in [0.15, 0.2) is 0 Å². The summed E-state index contributed by atoms with van der Waals surface area (Å²) in [4.78, 5) is 21.4. The number of H-pyrrole nitrogens is 1. The van der Waals surface area contributed by atoms with Crippen LogP contribution in [0.3, 0.4) is 0 Å². The SMILES string of the molecule is Cl.O=C(c1cc(S(=O)(=O)N2CCNCC2c2cccnc2)c[nH]1)N1CCCC1. The van der Waals surface area contributed by atoms with Crippen LogP contribution >= 0.6 is 12.4 Å². The van der Waals surface area contributed by atoms with Crippen LogP contribution < -0.4 is 5.32 Å². The van der Waals surface area contributed by atoms with E-state index in [1.54, 1.807) is 23.4 Å². The van der Waals surface area contributed by atoms with E-state index in [0.29, 0.717) is 25.3 Å². The second-order valence-electron chi connectivity index (χ2n) is 6.87. The number of aromatic nitrogens is 2. The number of carbonyl (C=O) groups is 1. The molecule has 0 spiro atoms. The number of rotatable bonds is 4. The van der Waals surface area contributed by atoms with Gasteiger partial charge in [0, 0.05) is 51.3 Å². The monoisotopic (exact) mass is 425 g/mol. The Morgan fingerprint density at radius 1 is 1.21 bits per heavy atom. The minimum atomic E-state index is -3.73. The Hall–Kier alpha value is -1.94. The zero-order valence-corrected chi connectivity index (χ0v) is 17.0. The van der Waals surface area contributed by atoms with Crippen molar-refractivity contribution in [3.63, 3.8) is 0 Å². The third-order valence-electron chi connectivity index (χ3n) is 5.15. The fourth-order valence-corrected chi connectivity index (χ4v) is 5.31. The summed E-state index contributed by atoms with van der Waals surface area (Å²) in [6, 6.07) is 4.81. The summed E-state index contributed by atoms with van der Waals surface area (Å²) in [6.45, 7) is 2.92. The summed E-state index contributed by atoms with van der Waals surface area (Å²) in [5.74, 6) is -0.141. The Morgan fingerprint density at radius 2 is 2.00 bits per heavy atom. The topological polar surface area (TPSA) is 98.4 Å². The molecule has 1 unspecified atom stereocenters. The molecule has 0 aliphatic carbocycles. The Balaban J connectivity index is 0.00000225. The summed E-state index contributed by atoms with van der Waals surface area (Å²) < 4.78 is 28.0. The molecule has 2 N–H and O–H groups in total. The first-order chi connectivity index (χ1) is 13.1. The van der Waals surface area contributed by atoms with E-state index < -0.39 is 10.0 Å². The number of halogens is 1. The highest BCUT2D eigenvalue weighted by Gasteiger charge is 2.35. The van der Waals surface area contributed by atoms with Crippen LogP contribution in [0.25, 0.3) is 0 Å². The average molecular weight is 426 g/mol. The van der Waals surface area contributed by atoms with Gasteiger partial charge in [0.1, 0.15) is 10.6 Å². The van der Waals surface area contributed by atoms with E-state index in [1.807, 2.05) is 6.07 Å².